The molecule has 16 nitrogen and oxygen atoms in total. The van der Waals surface area contributed by atoms with Gasteiger partial charge in [0.25, 0.3) is 5.91 Å². The van der Waals surface area contributed by atoms with Crippen LogP contribution in [0.1, 0.15) is 97.1 Å². The zero-order chi connectivity index (χ0) is 50.7. The Morgan fingerprint density at radius 2 is 1.62 bits per heavy atom. The van der Waals surface area contributed by atoms with Gasteiger partial charge in [0.1, 0.15) is 47.1 Å². The number of thiazole rings is 1. The number of fused-ring (bicyclic) bond motifs is 3. The first kappa shape index (κ1) is 50.9. The van der Waals surface area contributed by atoms with Crippen molar-refractivity contribution in [2.24, 2.45) is 10.4 Å². The molecule has 71 heavy (non-hydrogen) atoms. The molecule has 4 amide bonds. The largest absolute Gasteiger partial charge is 0.492 e. The molecule has 1 unspecified atom stereocenters. The summed E-state index contributed by atoms with van der Waals surface area (Å²) in [7, 11) is 0. The van der Waals surface area contributed by atoms with E-state index in [1.165, 1.54) is 4.90 Å². The van der Waals surface area contributed by atoms with Gasteiger partial charge in [-0.05, 0) is 81.0 Å². The first-order valence-electron chi connectivity index (χ1n) is 23.4. The second kappa shape index (κ2) is 21.5. The van der Waals surface area contributed by atoms with Crippen molar-refractivity contribution >= 4 is 63.6 Å². The first-order valence-corrected chi connectivity index (χ1v) is 25.5. The van der Waals surface area contributed by atoms with Crippen molar-refractivity contribution in [2.75, 3.05) is 26.3 Å². The van der Waals surface area contributed by atoms with E-state index in [4.69, 9.17) is 26.1 Å². The molecule has 4 N–H and O–H groups in total. The van der Waals surface area contributed by atoms with E-state index in [9.17, 15) is 24.3 Å². The van der Waals surface area contributed by atoms with Gasteiger partial charge in [0.15, 0.2) is 12.4 Å². The van der Waals surface area contributed by atoms with Crippen molar-refractivity contribution in [3.05, 3.63) is 128 Å². The molecule has 2 aliphatic rings. The number of hydrogen-bond acceptors (Lipinski definition) is 13. The summed E-state index contributed by atoms with van der Waals surface area (Å²) < 4.78 is 13.8. The van der Waals surface area contributed by atoms with Gasteiger partial charge in [-0.3, -0.25) is 28.7 Å². The second-order valence-electron chi connectivity index (χ2n) is 19.0. The molecule has 5 heterocycles. The fourth-order valence-corrected chi connectivity index (χ4v) is 10.9. The topological polar surface area (TPSA) is 202 Å². The number of likely N-dealkylation sites (tertiary alicyclic amines) is 1. The number of rotatable bonds is 16. The molecule has 19 heteroatoms. The molecule has 0 aliphatic carbocycles. The smallest absolute Gasteiger partial charge is 0.258 e. The van der Waals surface area contributed by atoms with Crippen LogP contribution in [0.3, 0.4) is 0 Å². The molecule has 0 spiro atoms. The number of aryl methyl sites for hydroxylation is 3. The third-order valence-electron chi connectivity index (χ3n) is 12.7. The number of aliphatic hydroxyl groups excluding tert-OH is 1. The van der Waals surface area contributed by atoms with Crippen LogP contribution in [0.25, 0.3) is 15.4 Å². The van der Waals surface area contributed by atoms with Gasteiger partial charge >= 0.3 is 0 Å². The van der Waals surface area contributed by atoms with E-state index in [0.717, 1.165) is 54.0 Å². The Kier molecular flexibility index (Phi) is 15.4. The summed E-state index contributed by atoms with van der Waals surface area (Å²) in [6, 6.07) is 19.2. The van der Waals surface area contributed by atoms with Crippen LogP contribution < -0.4 is 25.4 Å². The number of ether oxygens (including phenoxy) is 2. The van der Waals surface area contributed by atoms with Gasteiger partial charge in [-0.1, -0.05) is 74.8 Å². The predicted octanol–water partition coefficient (Wildman–Crippen LogP) is 7.57. The summed E-state index contributed by atoms with van der Waals surface area (Å²) in [5.41, 5.74) is 7.65. The lowest BCUT2D eigenvalue weighted by Crippen LogP contribution is -2.58. The molecule has 0 bridgehead atoms. The number of hydrogen-bond donors (Lipinski definition) is 4. The fourth-order valence-electron chi connectivity index (χ4n) is 8.76. The average Bonchev–Trinajstić information content (AvgIpc) is 4.11. The van der Waals surface area contributed by atoms with Crippen LogP contribution in [0.15, 0.2) is 83.3 Å². The van der Waals surface area contributed by atoms with Crippen LogP contribution in [-0.2, 0) is 19.2 Å². The minimum atomic E-state index is -1.03. The molecule has 2 aliphatic heterocycles. The van der Waals surface area contributed by atoms with E-state index in [1.54, 1.807) is 46.9 Å². The number of carbonyl (C=O) groups is 4. The highest BCUT2D eigenvalue weighted by atomic mass is 35.5. The van der Waals surface area contributed by atoms with Crippen LogP contribution in [0.2, 0.25) is 5.02 Å². The predicted molar refractivity (Wildman–Crippen MR) is 275 cm³/mol. The van der Waals surface area contributed by atoms with Crippen LogP contribution in [0, 0.1) is 33.1 Å². The number of β-amino-alcohol motifs (C(OH)–C–C–N with tert-alkyl or cyclic N) is 1. The maximum Gasteiger partial charge on any atom is 0.258 e. The van der Waals surface area contributed by atoms with Gasteiger partial charge < -0.3 is 35.4 Å². The minimum Gasteiger partial charge on any atom is -0.492 e. The van der Waals surface area contributed by atoms with Gasteiger partial charge in [0.05, 0.1) is 46.9 Å². The van der Waals surface area contributed by atoms with Crippen molar-refractivity contribution in [3.63, 3.8) is 0 Å². The van der Waals surface area contributed by atoms with E-state index < -0.39 is 54.0 Å². The van der Waals surface area contributed by atoms with Crippen LogP contribution >= 0.6 is 34.3 Å². The third-order valence-corrected chi connectivity index (χ3v) is 15.1. The summed E-state index contributed by atoms with van der Waals surface area (Å²) >= 11 is 9.46. The maximum absolute atomic E-state index is 14.2. The second-order valence-corrected chi connectivity index (χ2v) is 21.4. The number of carbonyl (C=O) groups excluding carboxylic acids is 4. The lowest BCUT2D eigenvalue weighted by molar-refractivity contribution is -0.144. The number of nitrogens with one attached hydrogen (secondary N) is 3. The van der Waals surface area contributed by atoms with E-state index >= 15 is 0 Å². The minimum absolute atomic E-state index is 0.0231. The van der Waals surface area contributed by atoms with Gasteiger partial charge in [-0.15, -0.1) is 32.9 Å². The molecule has 8 rings (SSSR count). The van der Waals surface area contributed by atoms with Crippen LogP contribution in [-0.4, -0.2) is 104 Å². The lowest BCUT2D eigenvalue weighted by atomic mass is 9.85. The lowest BCUT2D eigenvalue weighted by Gasteiger charge is -2.35. The highest BCUT2D eigenvalue weighted by molar-refractivity contribution is 7.15. The fraction of sp³-hybridized carbons (Fsp3) is 0.385. The molecule has 3 aromatic heterocycles. The quantitative estimate of drug-likeness (QED) is 0.0701. The number of aromatic nitrogens is 4. The van der Waals surface area contributed by atoms with E-state index in [2.05, 4.69) is 45.0 Å². The van der Waals surface area contributed by atoms with E-state index in [1.807, 2.05) is 100 Å². The zero-order valence-corrected chi connectivity index (χ0v) is 43.3. The normalized spacial score (nSPS) is 17.3. The average molecular weight is 1020 g/mol. The van der Waals surface area contributed by atoms with Crippen LogP contribution in [0.4, 0.5) is 0 Å². The molecule has 0 saturated carbocycles. The van der Waals surface area contributed by atoms with Crippen molar-refractivity contribution in [1.29, 1.82) is 0 Å². The molecule has 6 aromatic rings. The summed E-state index contributed by atoms with van der Waals surface area (Å²) in [6.07, 6.45) is -0.823. The standard InChI is InChI=1S/C52H58ClN9O7S2/c1-28-31(4)71-51-44(28)45(34-16-18-36(53)19-17-34)57-40(48-60-59-32(5)62(48)51)24-42(64)54-20-21-68-38-10-9-11-39(23-38)69-26-43(65)58-47(52(6,7)8)50(67)61-25-37(63)22-41(61)49(66)56-29(2)33-12-14-35(15-13-33)46-30(3)55-27-70-46/h9-19,23,27,29,37,40-41,47,63H,20-22,24-26H2,1-8H3,(H,54,64)(H,56,66)(H,58,65)/t29-,37+,40-,41-,47?/m0/s1. The first-order chi connectivity index (χ1) is 33.9. The van der Waals surface area contributed by atoms with Crippen molar-refractivity contribution in [1.82, 2.24) is 40.6 Å². The Morgan fingerprint density at radius 1 is 0.915 bits per heavy atom. The molecule has 1 saturated heterocycles. The van der Waals surface area contributed by atoms with E-state index in [0.29, 0.717) is 28.2 Å². The Balaban J connectivity index is 0.835. The highest BCUT2D eigenvalue weighted by Crippen LogP contribution is 2.40. The third kappa shape index (κ3) is 11.5. The summed E-state index contributed by atoms with van der Waals surface area (Å²) in [6.45, 7) is 15.2. The summed E-state index contributed by atoms with van der Waals surface area (Å²) in [4.78, 5) is 68.0. The Hall–Kier alpha value is -6.47. The maximum atomic E-state index is 14.2. The van der Waals surface area contributed by atoms with Gasteiger partial charge in [0.2, 0.25) is 17.7 Å². The van der Waals surface area contributed by atoms with Gasteiger partial charge in [0, 0.05) is 40.1 Å². The number of thiophene rings is 1. The number of benzene rings is 3. The zero-order valence-electron chi connectivity index (χ0n) is 40.9. The van der Waals surface area contributed by atoms with Gasteiger partial charge in [-0.2, -0.15) is 0 Å². The Bertz CT molecular complexity index is 2960. The molecule has 0 radical (unpaired) electrons. The number of nitrogens with zero attached hydrogens (tertiary/aromatic N) is 6. The number of aliphatic imine (C=N–C) groups is 1. The molecule has 3 aromatic carbocycles. The highest BCUT2D eigenvalue weighted by Gasteiger charge is 2.45. The molecule has 372 valence electrons. The van der Waals surface area contributed by atoms with Crippen molar-refractivity contribution in [3.8, 4) is 26.9 Å². The summed E-state index contributed by atoms with van der Waals surface area (Å²) in [5.74, 6) is 0.421. The number of amides is 4. The van der Waals surface area contributed by atoms with Crippen molar-refractivity contribution in [2.45, 2.75) is 98.5 Å². The van der Waals surface area contributed by atoms with Crippen LogP contribution in [0.5, 0.6) is 11.5 Å². The molecular weight excluding hydrogens is 962 g/mol. The SMILES string of the molecule is Cc1ncsc1-c1ccc([C@H](C)NC(=O)[C@@H]2C[C@@H](O)CN2C(=O)C(NC(=O)COc2cccc(OCCNC(=O)C[C@@H]3N=C(c4ccc(Cl)cc4)c4c(sc(C)c4C)-n4c(C)nnc43)c2)C(C)(C)C)cc1. The van der Waals surface area contributed by atoms with Gasteiger partial charge in [-0.25, -0.2) is 4.98 Å². The number of halogens is 1. The molecular formula is C52H58ClN9O7S2. The van der Waals surface area contributed by atoms with E-state index in [-0.39, 0.29) is 44.5 Å². The molecule has 1 fully saturated rings. The monoisotopic (exact) mass is 1020 g/mol. The Morgan fingerprint density at radius 3 is 2.31 bits per heavy atom. The Labute approximate surface area is 425 Å². The molecule has 5 atom stereocenters. The van der Waals surface area contributed by atoms with Crippen molar-refractivity contribution < 1.29 is 33.8 Å². The summed E-state index contributed by atoms with van der Waals surface area (Å²) in [5, 5.41) is 29.9. The number of aliphatic hydroxyl groups is 1.